The summed E-state index contributed by atoms with van der Waals surface area (Å²) in [6.45, 7) is 3.83. The van der Waals surface area contributed by atoms with Crippen LogP contribution in [0.1, 0.15) is 23.8 Å². The van der Waals surface area contributed by atoms with Gasteiger partial charge in [0, 0.05) is 13.1 Å². The Morgan fingerprint density at radius 3 is 2.75 bits per heavy atom. The number of hydrogen-bond acceptors (Lipinski definition) is 4. The van der Waals surface area contributed by atoms with Crippen molar-refractivity contribution in [3.63, 3.8) is 0 Å². The highest BCUT2D eigenvalue weighted by molar-refractivity contribution is 5.85. The van der Waals surface area contributed by atoms with E-state index in [-0.39, 0.29) is 5.69 Å². The van der Waals surface area contributed by atoms with E-state index in [1.165, 1.54) is 11.6 Å². The SMILES string of the molecule is CC1=CCN(c2ccc(C(=O)O)nn2)CC1. The van der Waals surface area contributed by atoms with Crippen LogP contribution in [0.3, 0.4) is 0 Å². The molecule has 84 valence electrons. The van der Waals surface area contributed by atoms with Crippen LogP contribution in [0.4, 0.5) is 5.82 Å². The quantitative estimate of drug-likeness (QED) is 0.760. The molecule has 1 aromatic heterocycles. The Kier molecular flexibility index (Phi) is 2.85. The van der Waals surface area contributed by atoms with Crippen molar-refractivity contribution in [1.29, 1.82) is 0 Å². The Labute approximate surface area is 93.4 Å². The van der Waals surface area contributed by atoms with Crippen molar-refractivity contribution in [2.24, 2.45) is 0 Å². The van der Waals surface area contributed by atoms with Crippen molar-refractivity contribution in [2.45, 2.75) is 13.3 Å². The van der Waals surface area contributed by atoms with Crippen LogP contribution in [-0.4, -0.2) is 34.4 Å². The first-order valence-corrected chi connectivity index (χ1v) is 5.14. The highest BCUT2D eigenvalue weighted by Crippen LogP contribution is 2.16. The fourth-order valence-corrected chi connectivity index (χ4v) is 1.59. The number of carbonyl (C=O) groups is 1. The van der Waals surface area contributed by atoms with E-state index in [0.717, 1.165) is 25.3 Å². The summed E-state index contributed by atoms with van der Waals surface area (Å²) in [6, 6.07) is 3.18. The molecule has 0 unspecified atom stereocenters. The molecule has 1 aliphatic rings. The average molecular weight is 219 g/mol. The highest BCUT2D eigenvalue weighted by atomic mass is 16.4. The summed E-state index contributed by atoms with van der Waals surface area (Å²) < 4.78 is 0. The second kappa shape index (κ2) is 4.30. The van der Waals surface area contributed by atoms with Gasteiger partial charge in [-0.05, 0) is 25.5 Å². The van der Waals surface area contributed by atoms with Gasteiger partial charge in [-0.3, -0.25) is 0 Å². The van der Waals surface area contributed by atoms with E-state index in [9.17, 15) is 4.79 Å². The van der Waals surface area contributed by atoms with Gasteiger partial charge in [0.1, 0.15) is 0 Å². The number of aromatic carboxylic acids is 1. The third-order valence-corrected chi connectivity index (χ3v) is 2.63. The summed E-state index contributed by atoms with van der Waals surface area (Å²) in [4.78, 5) is 12.7. The molecule has 0 amide bonds. The van der Waals surface area contributed by atoms with Gasteiger partial charge in [0.2, 0.25) is 0 Å². The molecule has 0 bridgehead atoms. The van der Waals surface area contributed by atoms with Gasteiger partial charge in [0.25, 0.3) is 0 Å². The minimum atomic E-state index is -1.05. The molecule has 1 aromatic rings. The van der Waals surface area contributed by atoms with Crippen LogP contribution in [0, 0.1) is 0 Å². The summed E-state index contributed by atoms with van der Waals surface area (Å²) in [5, 5.41) is 16.3. The van der Waals surface area contributed by atoms with Crippen LogP contribution < -0.4 is 4.90 Å². The van der Waals surface area contributed by atoms with Gasteiger partial charge in [0.05, 0.1) is 0 Å². The van der Waals surface area contributed by atoms with Gasteiger partial charge >= 0.3 is 5.97 Å². The summed E-state index contributed by atoms with van der Waals surface area (Å²) in [7, 11) is 0. The fourth-order valence-electron chi connectivity index (χ4n) is 1.59. The smallest absolute Gasteiger partial charge is 0.356 e. The van der Waals surface area contributed by atoms with Crippen molar-refractivity contribution in [2.75, 3.05) is 18.0 Å². The molecule has 1 N–H and O–H groups in total. The lowest BCUT2D eigenvalue weighted by Crippen LogP contribution is -2.29. The van der Waals surface area contributed by atoms with Gasteiger partial charge < -0.3 is 10.0 Å². The molecule has 5 nitrogen and oxygen atoms in total. The molecule has 1 aliphatic heterocycles. The molecule has 0 saturated carbocycles. The monoisotopic (exact) mass is 219 g/mol. The first kappa shape index (κ1) is 10.6. The number of rotatable bonds is 2. The van der Waals surface area contributed by atoms with Crippen LogP contribution in [-0.2, 0) is 0 Å². The second-order valence-corrected chi connectivity index (χ2v) is 3.83. The van der Waals surface area contributed by atoms with E-state index in [1.807, 2.05) is 0 Å². The van der Waals surface area contributed by atoms with Crippen molar-refractivity contribution >= 4 is 11.8 Å². The van der Waals surface area contributed by atoms with Crippen LogP contribution in [0.25, 0.3) is 0 Å². The Morgan fingerprint density at radius 2 is 2.25 bits per heavy atom. The van der Waals surface area contributed by atoms with Gasteiger partial charge in [0.15, 0.2) is 11.5 Å². The molecular weight excluding hydrogens is 206 g/mol. The minimum absolute atomic E-state index is 0.0208. The zero-order chi connectivity index (χ0) is 11.5. The molecule has 0 spiro atoms. The predicted octanol–water partition coefficient (Wildman–Crippen LogP) is 1.33. The number of carboxylic acid groups (broad SMARTS) is 1. The van der Waals surface area contributed by atoms with Crippen LogP contribution in [0.15, 0.2) is 23.8 Å². The van der Waals surface area contributed by atoms with Crippen LogP contribution >= 0.6 is 0 Å². The van der Waals surface area contributed by atoms with Gasteiger partial charge in [-0.2, -0.15) is 0 Å². The maximum Gasteiger partial charge on any atom is 0.356 e. The Bertz CT molecular complexity index is 425. The number of nitrogens with zero attached hydrogens (tertiary/aromatic N) is 3. The van der Waals surface area contributed by atoms with E-state index >= 15 is 0 Å². The molecule has 0 radical (unpaired) electrons. The maximum absolute atomic E-state index is 10.6. The second-order valence-electron chi connectivity index (χ2n) is 3.83. The number of carboxylic acids is 1. The lowest BCUT2D eigenvalue weighted by molar-refractivity contribution is 0.0689. The zero-order valence-corrected chi connectivity index (χ0v) is 9.05. The number of aromatic nitrogens is 2. The molecule has 0 atom stereocenters. The fraction of sp³-hybridized carbons (Fsp3) is 0.364. The maximum atomic E-state index is 10.6. The van der Waals surface area contributed by atoms with E-state index in [1.54, 1.807) is 6.07 Å². The molecule has 2 heterocycles. The molecule has 2 rings (SSSR count). The van der Waals surface area contributed by atoms with Crippen molar-refractivity contribution < 1.29 is 9.90 Å². The lowest BCUT2D eigenvalue weighted by atomic mass is 10.1. The third-order valence-electron chi connectivity index (χ3n) is 2.63. The van der Waals surface area contributed by atoms with E-state index in [4.69, 9.17) is 5.11 Å². The summed E-state index contributed by atoms with van der Waals surface area (Å²) in [6.07, 6.45) is 3.17. The summed E-state index contributed by atoms with van der Waals surface area (Å²) in [5.41, 5.74) is 1.36. The topological polar surface area (TPSA) is 66.3 Å². The van der Waals surface area contributed by atoms with Crippen molar-refractivity contribution in [3.8, 4) is 0 Å². The molecule has 5 heteroatoms. The van der Waals surface area contributed by atoms with Crippen LogP contribution in [0.5, 0.6) is 0 Å². The Balaban J connectivity index is 2.13. The zero-order valence-electron chi connectivity index (χ0n) is 9.05. The van der Waals surface area contributed by atoms with E-state index in [0.29, 0.717) is 0 Å². The summed E-state index contributed by atoms with van der Waals surface area (Å²) in [5.74, 6) is -0.317. The molecule has 0 fully saturated rings. The van der Waals surface area contributed by atoms with Gasteiger partial charge in [-0.25, -0.2) is 4.79 Å². The minimum Gasteiger partial charge on any atom is -0.476 e. The first-order chi connectivity index (χ1) is 7.66. The molecule has 0 saturated heterocycles. The Morgan fingerprint density at radius 1 is 1.44 bits per heavy atom. The third kappa shape index (κ3) is 2.18. The predicted molar refractivity (Wildman–Crippen MR) is 59.6 cm³/mol. The standard InChI is InChI=1S/C11H13N3O2/c1-8-4-6-14(7-5-8)10-3-2-9(11(15)16)12-13-10/h2-4H,5-7H2,1H3,(H,15,16). The van der Waals surface area contributed by atoms with Gasteiger partial charge in [-0.1, -0.05) is 11.6 Å². The van der Waals surface area contributed by atoms with Gasteiger partial charge in [-0.15, -0.1) is 10.2 Å². The molecule has 0 aromatic carbocycles. The highest BCUT2D eigenvalue weighted by Gasteiger charge is 2.12. The number of anilines is 1. The van der Waals surface area contributed by atoms with E-state index < -0.39 is 5.97 Å². The van der Waals surface area contributed by atoms with E-state index in [2.05, 4.69) is 28.1 Å². The average Bonchev–Trinajstić information content (AvgIpc) is 2.30. The summed E-state index contributed by atoms with van der Waals surface area (Å²) >= 11 is 0. The van der Waals surface area contributed by atoms with Crippen molar-refractivity contribution in [1.82, 2.24) is 10.2 Å². The normalized spacial score (nSPS) is 15.8. The number of hydrogen-bond donors (Lipinski definition) is 1. The molecule has 16 heavy (non-hydrogen) atoms. The molecular formula is C11H13N3O2. The largest absolute Gasteiger partial charge is 0.476 e. The van der Waals surface area contributed by atoms with Crippen LogP contribution in [0.2, 0.25) is 0 Å². The Hall–Kier alpha value is -1.91. The lowest BCUT2D eigenvalue weighted by Gasteiger charge is -2.25. The van der Waals surface area contributed by atoms with Crippen molar-refractivity contribution in [3.05, 3.63) is 29.5 Å². The molecule has 0 aliphatic carbocycles. The first-order valence-electron chi connectivity index (χ1n) is 5.14.